The van der Waals surface area contributed by atoms with Crippen LogP contribution in [0.15, 0.2) is 4.90 Å². The van der Waals surface area contributed by atoms with Crippen molar-refractivity contribution in [1.29, 1.82) is 0 Å². The summed E-state index contributed by atoms with van der Waals surface area (Å²) in [4.78, 5) is 11.9. The van der Waals surface area contributed by atoms with Crippen LogP contribution in [-0.4, -0.2) is 31.1 Å². The molecule has 1 fully saturated rings. The van der Waals surface area contributed by atoms with Crippen LogP contribution in [0.4, 0.5) is 0 Å². The summed E-state index contributed by atoms with van der Waals surface area (Å²) in [7, 11) is -3.97. The number of sulfonamides is 1. The Labute approximate surface area is 118 Å². The van der Waals surface area contributed by atoms with Gasteiger partial charge in [0.15, 0.2) is 5.69 Å². The lowest BCUT2D eigenvalue weighted by Crippen LogP contribution is -2.33. The van der Waals surface area contributed by atoms with Gasteiger partial charge >= 0.3 is 0 Å². The van der Waals surface area contributed by atoms with E-state index in [1.807, 2.05) is 0 Å². The Morgan fingerprint density at radius 2 is 2.10 bits per heavy atom. The highest BCUT2D eigenvalue weighted by molar-refractivity contribution is 7.89. The molecule has 1 amide bonds. The third-order valence-corrected chi connectivity index (χ3v) is 5.18. The molecule has 112 valence electrons. The SMILES string of the molecule is Cc1[nH]nc(C(=O)NCC2(C(C)C)CC2)c1S(N)(=O)=O. The number of nitrogens with one attached hydrogen (secondary N) is 2. The van der Waals surface area contributed by atoms with Gasteiger partial charge in [0.2, 0.25) is 10.0 Å². The molecule has 0 radical (unpaired) electrons. The van der Waals surface area contributed by atoms with E-state index in [1.165, 1.54) is 6.92 Å². The monoisotopic (exact) mass is 300 g/mol. The molecule has 2 rings (SSSR count). The molecule has 0 saturated heterocycles. The highest BCUT2D eigenvalue weighted by Crippen LogP contribution is 2.51. The minimum atomic E-state index is -3.97. The molecule has 0 bridgehead atoms. The molecule has 1 aromatic heterocycles. The van der Waals surface area contributed by atoms with E-state index in [4.69, 9.17) is 5.14 Å². The van der Waals surface area contributed by atoms with E-state index in [0.29, 0.717) is 12.5 Å². The van der Waals surface area contributed by atoms with Gasteiger partial charge in [-0.2, -0.15) is 5.10 Å². The Morgan fingerprint density at radius 1 is 1.50 bits per heavy atom. The van der Waals surface area contributed by atoms with E-state index in [0.717, 1.165) is 12.8 Å². The first-order chi connectivity index (χ1) is 9.17. The summed E-state index contributed by atoms with van der Waals surface area (Å²) < 4.78 is 23.0. The Hall–Kier alpha value is -1.41. The fraction of sp³-hybridized carbons (Fsp3) is 0.667. The van der Waals surface area contributed by atoms with Crippen LogP contribution < -0.4 is 10.5 Å². The van der Waals surface area contributed by atoms with Crippen LogP contribution in [0.5, 0.6) is 0 Å². The second-order valence-electron chi connectivity index (χ2n) is 5.77. The van der Waals surface area contributed by atoms with E-state index in [2.05, 4.69) is 29.4 Å². The molecule has 20 heavy (non-hydrogen) atoms. The van der Waals surface area contributed by atoms with Gasteiger partial charge in [0, 0.05) is 6.54 Å². The largest absolute Gasteiger partial charge is 0.350 e. The van der Waals surface area contributed by atoms with Gasteiger partial charge in [-0.1, -0.05) is 13.8 Å². The molecule has 1 aliphatic rings. The van der Waals surface area contributed by atoms with Gasteiger partial charge in [-0.3, -0.25) is 9.89 Å². The van der Waals surface area contributed by atoms with Crippen molar-refractivity contribution in [1.82, 2.24) is 15.5 Å². The van der Waals surface area contributed by atoms with E-state index in [-0.39, 0.29) is 21.7 Å². The molecular formula is C12H20N4O3S. The molecule has 0 aliphatic heterocycles. The topological polar surface area (TPSA) is 118 Å². The summed E-state index contributed by atoms with van der Waals surface area (Å²) in [6.07, 6.45) is 2.15. The van der Waals surface area contributed by atoms with E-state index < -0.39 is 15.9 Å². The molecule has 0 unspecified atom stereocenters. The molecule has 1 aromatic rings. The number of aromatic amines is 1. The highest BCUT2D eigenvalue weighted by atomic mass is 32.2. The average molecular weight is 300 g/mol. The first kappa shape index (κ1) is 15.0. The second-order valence-corrected chi connectivity index (χ2v) is 7.27. The number of carbonyl (C=O) groups is 1. The Balaban J connectivity index is 2.15. The van der Waals surface area contributed by atoms with Crippen LogP contribution in [0.25, 0.3) is 0 Å². The zero-order valence-electron chi connectivity index (χ0n) is 11.9. The van der Waals surface area contributed by atoms with Crippen molar-refractivity contribution in [2.75, 3.05) is 6.54 Å². The van der Waals surface area contributed by atoms with Gasteiger partial charge in [-0.15, -0.1) is 0 Å². The van der Waals surface area contributed by atoms with Crippen LogP contribution >= 0.6 is 0 Å². The van der Waals surface area contributed by atoms with Gasteiger partial charge in [0.25, 0.3) is 5.91 Å². The normalized spacial score (nSPS) is 17.2. The molecule has 7 nitrogen and oxygen atoms in total. The number of nitrogens with two attached hydrogens (primary N) is 1. The maximum absolute atomic E-state index is 12.1. The maximum atomic E-state index is 12.1. The molecular weight excluding hydrogens is 280 g/mol. The van der Waals surface area contributed by atoms with Gasteiger partial charge in [-0.25, -0.2) is 13.6 Å². The molecule has 0 atom stereocenters. The lowest BCUT2D eigenvalue weighted by atomic mass is 9.92. The predicted molar refractivity (Wildman–Crippen MR) is 73.5 cm³/mol. The van der Waals surface area contributed by atoms with Crippen LogP contribution in [0.3, 0.4) is 0 Å². The summed E-state index contributed by atoms with van der Waals surface area (Å²) in [5.74, 6) is -0.0354. The zero-order chi connectivity index (χ0) is 15.1. The van der Waals surface area contributed by atoms with Gasteiger partial charge in [-0.05, 0) is 31.1 Å². The van der Waals surface area contributed by atoms with Crippen molar-refractivity contribution < 1.29 is 13.2 Å². The molecule has 0 spiro atoms. The molecule has 1 heterocycles. The Bertz CT molecular complexity index is 629. The summed E-state index contributed by atoms with van der Waals surface area (Å²) in [5, 5.41) is 14.1. The first-order valence-electron chi connectivity index (χ1n) is 6.53. The lowest BCUT2D eigenvalue weighted by molar-refractivity contribution is 0.0931. The number of aromatic nitrogens is 2. The number of carbonyl (C=O) groups excluding carboxylic acids is 1. The van der Waals surface area contributed by atoms with Crippen molar-refractivity contribution in [3.05, 3.63) is 11.4 Å². The van der Waals surface area contributed by atoms with Crippen LogP contribution in [0.2, 0.25) is 0 Å². The fourth-order valence-corrected chi connectivity index (χ4v) is 3.26. The summed E-state index contributed by atoms with van der Waals surface area (Å²) in [6, 6.07) is 0. The summed E-state index contributed by atoms with van der Waals surface area (Å²) >= 11 is 0. The first-order valence-corrected chi connectivity index (χ1v) is 8.08. The second kappa shape index (κ2) is 4.85. The quantitative estimate of drug-likeness (QED) is 0.735. The number of hydrogen-bond acceptors (Lipinski definition) is 4. The maximum Gasteiger partial charge on any atom is 0.273 e. The number of hydrogen-bond donors (Lipinski definition) is 3. The van der Waals surface area contributed by atoms with Crippen molar-refractivity contribution in [3.63, 3.8) is 0 Å². The van der Waals surface area contributed by atoms with Crippen LogP contribution in [-0.2, 0) is 10.0 Å². The van der Waals surface area contributed by atoms with E-state index in [1.54, 1.807) is 0 Å². The summed E-state index contributed by atoms with van der Waals surface area (Å²) in [5.41, 5.74) is 0.246. The molecule has 1 aliphatic carbocycles. The molecule has 8 heteroatoms. The van der Waals surface area contributed by atoms with Crippen LogP contribution in [0, 0.1) is 18.3 Å². The van der Waals surface area contributed by atoms with Gasteiger partial charge in [0.1, 0.15) is 4.90 Å². The lowest BCUT2D eigenvalue weighted by Gasteiger charge is -2.19. The van der Waals surface area contributed by atoms with Crippen LogP contribution in [0.1, 0.15) is 42.9 Å². The number of rotatable bonds is 5. The van der Waals surface area contributed by atoms with Crippen molar-refractivity contribution in [3.8, 4) is 0 Å². The smallest absolute Gasteiger partial charge is 0.273 e. The van der Waals surface area contributed by atoms with Crippen molar-refractivity contribution in [2.45, 2.75) is 38.5 Å². The summed E-state index contributed by atoms with van der Waals surface area (Å²) in [6.45, 7) is 6.28. The number of nitrogens with zero attached hydrogens (tertiary/aromatic N) is 1. The number of H-pyrrole nitrogens is 1. The third kappa shape index (κ3) is 2.71. The number of aryl methyl sites for hydroxylation is 1. The average Bonchev–Trinajstić information content (AvgIpc) is 3.01. The Kier molecular flexibility index (Phi) is 3.64. The number of amides is 1. The molecule has 0 aromatic carbocycles. The van der Waals surface area contributed by atoms with Crippen molar-refractivity contribution in [2.24, 2.45) is 16.5 Å². The van der Waals surface area contributed by atoms with E-state index in [9.17, 15) is 13.2 Å². The standard InChI is InChI=1S/C12H20N4O3S/c1-7(2)12(4-5-12)6-14-11(17)9-10(20(13,18)19)8(3)15-16-9/h7H,4-6H2,1-3H3,(H,14,17)(H,15,16)(H2,13,18,19). The van der Waals surface area contributed by atoms with Gasteiger partial charge < -0.3 is 5.32 Å². The van der Waals surface area contributed by atoms with Crippen molar-refractivity contribution >= 4 is 15.9 Å². The Morgan fingerprint density at radius 3 is 2.55 bits per heavy atom. The minimum absolute atomic E-state index is 0.142. The minimum Gasteiger partial charge on any atom is -0.350 e. The van der Waals surface area contributed by atoms with E-state index >= 15 is 0 Å². The third-order valence-electron chi connectivity index (χ3n) is 4.11. The fourth-order valence-electron chi connectivity index (χ4n) is 2.38. The molecule has 4 N–H and O–H groups in total. The predicted octanol–water partition coefficient (Wildman–Crippen LogP) is 0.532. The number of primary sulfonamides is 1. The van der Waals surface area contributed by atoms with Gasteiger partial charge in [0.05, 0.1) is 5.69 Å². The molecule has 1 saturated carbocycles. The highest BCUT2D eigenvalue weighted by Gasteiger charge is 2.45. The zero-order valence-corrected chi connectivity index (χ0v) is 12.7.